The first-order valence-corrected chi connectivity index (χ1v) is 7.59. The quantitative estimate of drug-likeness (QED) is 0.701. The molecule has 0 aromatic heterocycles. The minimum atomic E-state index is -3.61. The Morgan fingerprint density at radius 3 is 2.19 bits per heavy atom. The van der Waals surface area contributed by atoms with Crippen molar-refractivity contribution in [2.24, 2.45) is 0 Å². The summed E-state index contributed by atoms with van der Waals surface area (Å²) >= 11 is 0. The van der Waals surface area contributed by atoms with Gasteiger partial charge in [-0.3, -0.25) is 0 Å². The van der Waals surface area contributed by atoms with Gasteiger partial charge in [-0.25, -0.2) is 18.6 Å². The van der Waals surface area contributed by atoms with Gasteiger partial charge in [0.05, 0.1) is 10.5 Å². The lowest BCUT2D eigenvalue weighted by Crippen LogP contribution is -2.36. The Labute approximate surface area is 122 Å². The molecule has 0 spiro atoms. The molecule has 0 aliphatic rings. The molecule has 0 fully saturated rings. The molecule has 0 bridgehead atoms. The number of hydrogen-bond acceptors (Lipinski definition) is 4. The number of benzene rings is 2. The number of hydrogen-bond donors (Lipinski definition) is 3. The Hall–Kier alpha value is -2.22. The van der Waals surface area contributed by atoms with Crippen molar-refractivity contribution in [3.63, 3.8) is 0 Å². The number of sulfonamides is 1. The van der Waals surface area contributed by atoms with Gasteiger partial charge in [-0.1, -0.05) is 30.3 Å². The minimum Gasteiger partial charge on any atom is -0.478 e. The van der Waals surface area contributed by atoms with E-state index in [2.05, 4.69) is 10.3 Å². The van der Waals surface area contributed by atoms with Crippen molar-refractivity contribution in [2.45, 2.75) is 11.4 Å². The normalized spacial score (nSPS) is 11.2. The van der Waals surface area contributed by atoms with Crippen molar-refractivity contribution >= 4 is 16.0 Å². The van der Waals surface area contributed by atoms with Crippen LogP contribution in [-0.4, -0.2) is 19.5 Å². The van der Waals surface area contributed by atoms with Crippen LogP contribution in [-0.2, 0) is 16.6 Å². The molecule has 0 unspecified atom stereocenters. The second-order valence-electron chi connectivity index (χ2n) is 4.27. The molecular weight excluding hydrogens is 292 g/mol. The van der Waals surface area contributed by atoms with Crippen molar-refractivity contribution in [1.82, 2.24) is 10.3 Å². The molecule has 0 saturated heterocycles. The highest BCUT2D eigenvalue weighted by atomic mass is 32.2. The highest BCUT2D eigenvalue weighted by Crippen LogP contribution is 2.07. The van der Waals surface area contributed by atoms with Crippen molar-refractivity contribution in [3.8, 4) is 0 Å². The molecule has 0 aliphatic carbocycles. The number of aromatic carboxylic acids is 1. The molecule has 21 heavy (non-hydrogen) atoms. The van der Waals surface area contributed by atoms with Crippen LogP contribution in [0.1, 0.15) is 15.9 Å². The average molecular weight is 306 g/mol. The van der Waals surface area contributed by atoms with E-state index < -0.39 is 16.0 Å². The van der Waals surface area contributed by atoms with Gasteiger partial charge < -0.3 is 5.11 Å². The van der Waals surface area contributed by atoms with E-state index in [1.807, 2.05) is 0 Å². The lowest BCUT2D eigenvalue weighted by atomic mass is 10.1. The number of hydrazine groups is 1. The number of carboxylic acids is 1. The molecule has 0 saturated carbocycles. The number of nitrogens with one attached hydrogen (secondary N) is 2. The van der Waals surface area contributed by atoms with Gasteiger partial charge in [0.25, 0.3) is 10.0 Å². The van der Waals surface area contributed by atoms with Crippen LogP contribution in [0.3, 0.4) is 0 Å². The molecule has 7 heteroatoms. The van der Waals surface area contributed by atoms with Crippen LogP contribution < -0.4 is 10.3 Å². The SMILES string of the molecule is O=C(O)c1ccc(CNNS(=O)(=O)c2ccccc2)cc1. The maximum Gasteiger partial charge on any atom is 0.335 e. The third-order valence-corrected chi connectivity index (χ3v) is 4.06. The first kappa shape index (κ1) is 15.2. The zero-order valence-electron chi connectivity index (χ0n) is 11.0. The first-order chi connectivity index (χ1) is 9.99. The largest absolute Gasteiger partial charge is 0.478 e. The number of carbonyl (C=O) groups is 1. The molecular formula is C14H14N2O4S. The van der Waals surface area contributed by atoms with Crippen LogP contribution in [0.5, 0.6) is 0 Å². The number of carboxylic acid groups (broad SMARTS) is 1. The summed E-state index contributed by atoms with van der Waals surface area (Å²) in [5.74, 6) is -1.00. The predicted molar refractivity (Wildman–Crippen MR) is 77.0 cm³/mol. The van der Waals surface area contributed by atoms with Crippen molar-refractivity contribution in [1.29, 1.82) is 0 Å². The molecule has 110 valence electrons. The zero-order valence-corrected chi connectivity index (χ0v) is 11.8. The monoisotopic (exact) mass is 306 g/mol. The van der Waals surface area contributed by atoms with E-state index >= 15 is 0 Å². The van der Waals surface area contributed by atoms with Crippen molar-refractivity contribution in [3.05, 3.63) is 65.7 Å². The molecule has 0 atom stereocenters. The summed E-state index contributed by atoms with van der Waals surface area (Å²) in [5.41, 5.74) is 3.55. The van der Waals surface area contributed by atoms with Gasteiger partial charge in [0.15, 0.2) is 0 Å². The topological polar surface area (TPSA) is 95.5 Å². The fourth-order valence-electron chi connectivity index (χ4n) is 1.66. The third kappa shape index (κ3) is 4.12. The molecule has 0 radical (unpaired) electrons. The summed E-state index contributed by atoms with van der Waals surface area (Å²) in [7, 11) is -3.61. The standard InChI is InChI=1S/C14H14N2O4S/c17-14(18)12-8-6-11(7-9-12)10-15-16-21(19,20)13-4-2-1-3-5-13/h1-9,15-16H,10H2,(H,17,18). The second kappa shape index (κ2) is 6.49. The van der Waals surface area contributed by atoms with Crippen LogP contribution in [0.15, 0.2) is 59.5 Å². The van der Waals surface area contributed by atoms with Crippen LogP contribution in [0.25, 0.3) is 0 Å². The average Bonchev–Trinajstić information content (AvgIpc) is 2.48. The summed E-state index contributed by atoms with van der Waals surface area (Å²) in [5, 5.41) is 8.78. The van der Waals surface area contributed by atoms with Gasteiger partial charge in [-0.05, 0) is 29.8 Å². The van der Waals surface area contributed by atoms with Crippen molar-refractivity contribution in [2.75, 3.05) is 0 Å². The van der Waals surface area contributed by atoms with Gasteiger partial charge in [-0.15, -0.1) is 4.83 Å². The van der Waals surface area contributed by atoms with E-state index in [0.717, 1.165) is 5.56 Å². The summed E-state index contributed by atoms with van der Waals surface area (Å²) in [6.45, 7) is 0.242. The fourth-order valence-corrected chi connectivity index (χ4v) is 2.55. The molecule has 2 aromatic carbocycles. The molecule has 3 N–H and O–H groups in total. The van der Waals surface area contributed by atoms with Gasteiger partial charge in [-0.2, -0.15) is 0 Å². The molecule has 6 nitrogen and oxygen atoms in total. The van der Waals surface area contributed by atoms with Crippen LogP contribution in [0, 0.1) is 0 Å². The van der Waals surface area contributed by atoms with Gasteiger partial charge in [0.2, 0.25) is 0 Å². The minimum absolute atomic E-state index is 0.165. The van der Waals surface area contributed by atoms with Gasteiger partial charge in [0.1, 0.15) is 0 Å². The van der Waals surface area contributed by atoms with E-state index in [1.165, 1.54) is 24.3 Å². The summed E-state index contributed by atoms with van der Waals surface area (Å²) < 4.78 is 23.8. The van der Waals surface area contributed by atoms with Crippen LogP contribution >= 0.6 is 0 Å². The van der Waals surface area contributed by atoms with E-state index in [-0.39, 0.29) is 17.0 Å². The summed E-state index contributed by atoms with van der Waals surface area (Å²) in [6, 6.07) is 14.2. The maximum atomic E-state index is 11.9. The lowest BCUT2D eigenvalue weighted by molar-refractivity contribution is 0.0697. The fraction of sp³-hybridized carbons (Fsp3) is 0.0714. The molecule has 0 amide bonds. The maximum absolute atomic E-state index is 11.9. The number of rotatable bonds is 6. The molecule has 2 aromatic rings. The Balaban J connectivity index is 1.94. The first-order valence-electron chi connectivity index (χ1n) is 6.11. The summed E-state index contributed by atoms with van der Waals surface area (Å²) in [4.78, 5) is 13.1. The lowest BCUT2D eigenvalue weighted by Gasteiger charge is -2.08. The molecule has 2 rings (SSSR count). The van der Waals surface area contributed by atoms with Gasteiger partial charge >= 0.3 is 5.97 Å². The third-order valence-electron chi connectivity index (χ3n) is 2.75. The second-order valence-corrected chi connectivity index (χ2v) is 5.96. The van der Waals surface area contributed by atoms with E-state index in [9.17, 15) is 13.2 Å². The summed E-state index contributed by atoms with van der Waals surface area (Å²) in [6.07, 6.45) is 0. The Bertz CT molecular complexity index is 712. The Morgan fingerprint density at radius 1 is 1.00 bits per heavy atom. The highest BCUT2D eigenvalue weighted by molar-refractivity contribution is 7.89. The van der Waals surface area contributed by atoms with E-state index in [4.69, 9.17) is 5.11 Å². The Kier molecular flexibility index (Phi) is 4.69. The van der Waals surface area contributed by atoms with Crippen molar-refractivity contribution < 1.29 is 18.3 Å². The van der Waals surface area contributed by atoms with E-state index in [1.54, 1.807) is 30.3 Å². The predicted octanol–water partition coefficient (Wildman–Crippen LogP) is 1.37. The van der Waals surface area contributed by atoms with Gasteiger partial charge in [0, 0.05) is 6.54 Å². The molecule has 0 aliphatic heterocycles. The molecule has 0 heterocycles. The van der Waals surface area contributed by atoms with E-state index in [0.29, 0.717) is 0 Å². The zero-order chi connectivity index (χ0) is 15.3. The Morgan fingerprint density at radius 2 is 1.62 bits per heavy atom. The highest BCUT2D eigenvalue weighted by Gasteiger charge is 2.12. The van der Waals surface area contributed by atoms with Crippen LogP contribution in [0.2, 0.25) is 0 Å². The smallest absolute Gasteiger partial charge is 0.335 e. The van der Waals surface area contributed by atoms with Crippen LogP contribution in [0.4, 0.5) is 0 Å².